The van der Waals surface area contributed by atoms with Crippen molar-refractivity contribution in [3.8, 4) is 0 Å². The van der Waals surface area contributed by atoms with Gasteiger partial charge in [-0.15, -0.1) is 0 Å². The largest absolute Gasteiger partial charge is 0.351 e. The van der Waals surface area contributed by atoms with Crippen LogP contribution >= 0.6 is 11.6 Å². The first kappa shape index (κ1) is 11.3. The molecular weight excluding hydrogens is 234 g/mol. The molecule has 0 aromatic carbocycles. The highest BCUT2D eigenvalue weighted by Gasteiger charge is 2.34. The van der Waals surface area contributed by atoms with Gasteiger partial charge in [-0.25, -0.2) is 9.97 Å². The third-order valence-electron chi connectivity index (χ3n) is 4.15. The highest BCUT2D eigenvalue weighted by molar-refractivity contribution is 6.31. The lowest BCUT2D eigenvalue weighted by Crippen LogP contribution is -2.47. The molecule has 2 heterocycles. The molecule has 0 N–H and O–H groups in total. The molecule has 1 saturated heterocycles. The van der Waals surface area contributed by atoms with E-state index in [1.165, 1.54) is 38.5 Å². The van der Waals surface area contributed by atoms with Gasteiger partial charge in [-0.1, -0.05) is 24.4 Å². The van der Waals surface area contributed by atoms with Crippen LogP contribution in [0.2, 0.25) is 5.15 Å². The number of halogens is 1. The SMILES string of the molecule is Clc1nccnc1N1CCC[C@H]2CCCC[C@H]21. The van der Waals surface area contributed by atoms with E-state index in [9.17, 15) is 0 Å². The molecule has 0 bridgehead atoms. The van der Waals surface area contributed by atoms with Crippen molar-refractivity contribution in [2.45, 2.75) is 44.6 Å². The van der Waals surface area contributed by atoms with Crippen molar-refractivity contribution in [2.75, 3.05) is 11.4 Å². The van der Waals surface area contributed by atoms with Crippen LogP contribution in [-0.2, 0) is 0 Å². The van der Waals surface area contributed by atoms with Crippen LogP contribution in [-0.4, -0.2) is 22.6 Å². The van der Waals surface area contributed by atoms with Gasteiger partial charge in [-0.05, 0) is 31.6 Å². The molecule has 3 rings (SSSR count). The molecule has 0 spiro atoms. The molecule has 2 atom stereocenters. The summed E-state index contributed by atoms with van der Waals surface area (Å²) < 4.78 is 0. The predicted molar refractivity (Wildman–Crippen MR) is 69.4 cm³/mol. The Hall–Kier alpha value is -0.830. The summed E-state index contributed by atoms with van der Waals surface area (Å²) in [5, 5.41) is 0.554. The number of fused-ring (bicyclic) bond motifs is 1. The van der Waals surface area contributed by atoms with Gasteiger partial charge in [0, 0.05) is 25.0 Å². The minimum absolute atomic E-state index is 0.554. The zero-order valence-electron chi connectivity index (χ0n) is 9.98. The molecule has 3 nitrogen and oxygen atoms in total. The van der Waals surface area contributed by atoms with Crippen molar-refractivity contribution >= 4 is 17.4 Å². The third kappa shape index (κ3) is 2.13. The van der Waals surface area contributed by atoms with Gasteiger partial charge in [0.05, 0.1) is 0 Å². The lowest BCUT2D eigenvalue weighted by Gasteiger charge is -2.44. The van der Waals surface area contributed by atoms with Crippen LogP contribution in [0.5, 0.6) is 0 Å². The standard InChI is InChI=1S/C13H18ClN3/c14-12-13(16-8-7-15-12)17-9-3-5-10-4-1-2-6-11(10)17/h7-8,10-11H,1-6,9H2/t10-,11-/m1/s1. The zero-order valence-corrected chi connectivity index (χ0v) is 10.7. The summed E-state index contributed by atoms with van der Waals surface area (Å²) in [5.41, 5.74) is 0. The summed E-state index contributed by atoms with van der Waals surface area (Å²) in [6.45, 7) is 1.08. The number of anilines is 1. The summed E-state index contributed by atoms with van der Waals surface area (Å²) in [5.74, 6) is 1.74. The minimum Gasteiger partial charge on any atom is -0.351 e. The predicted octanol–water partition coefficient (Wildman–Crippen LogP) is 3.29. The second-order valence-corrected chi connectivity index (χ2v) is 5.48. The van der Waals surface area contributed by atoms with Gasteiger partial charge in [0.1, 0.15) is 0 Å². The van der Waals surface area contributed by atoms with Crippen LogP contribution in [0, 0.1) is 5.92 Å². The van der Waals surface area contributed by atoms with E-state index in [0.717, 1.165) is 18.3 Å². The Morgan fingerprint density at radius 1 is 1.06 bits per heavy atom. The molecular formula is C13H18ClN3. The van der Waals surface area contributed by atoms with E-state index in [4.69, 9.17) is 11.6 Å². The van der Waals surface area contributed by atoms with E-state index in [0.29, 0.717) is 11.2 Å². The van der Waals surface area contributed by atoms with Crippen molar-refractivity contribution in [2.24, 2.45) is 5.92 Å². The molecule has 1 aromatic heterocycles. The lowest BCUT2D eigenvalue weighted by molar-refractivity contribution is 0.242. The zero-order chi connectivity index (χ0) is 11.7. The first-order valence-electron chi connectivity index (χ1n) is 6.59. The number of rotatable bonds is 1. The van der Waals surface area contributed by atoms with Crippen LogP contribution in [0.15, 0.2) is 12.4 Å². The third-order valence-corrected chi connectivity index (χ3v) is 4.42. The Bertz CT molecular complexity index is 394. The van der Waals surface area contributed by atoms with E-state index in [-0.39, 0.29) is 0 Å². The van der Waals surface area contributed by atoms with Gasteiger partial charge < -0.3 is 4.90 Å². The van der Waals surface area contributed by atoms with Crippen LogP contribution in [0.3, 0.4) is 0 Å². The molecule has 0 unspecified atom stereocenters. The number of hydrogen-bond donors (Lipinski definition) is 0. The summed E-state index contributed by atoms with van der Waals surface area (Å²) in [4.78, 5) is 11.0. The van der Waals surface area contributed by atoms with Crippen LogP contribution in [0.4, 0.5) is 5.82 Å². The molecule has 1 aromatic rings. The fraction of sp³-hybridized carbons (Fsp3) is 0.692. The molecule has 1 saturated carbocycles. The molecule has 2 aliphatic rings. The monoisotopic (exact) mass is 251 g/mol. The quantitative estimate of drug-likeness (QED) is 0.767. The van der Waals surface area contributed by atoms with Crippen LogP contribution in [0.25, 0.3) is 0 Å². The topological polar surface area (TPSA) is 29.0 Å². The molecule has 1 aliphatic carbocycles. The van der Waals surface area contributed by atoms with Gasteiger partial charge in [-0.2, -0.15) is 0 Å². The van der Waals surface area contributed by atoms with Crippen molar-refractivity contribution < 1.29 is 0 Å². The van der Waals surface area contributed by atoms with Crippen molar-refractivity contribution in [3.63, 3.8) is 0 Å². The summed E-state index contributed by atoms with van der Waals surface area (Å²) in [6.07, 6.45) is 11.4. The molecule has 4 heteroatoms. The number of nitrogens with zero attached hydrogens (tertiary/aromatic N) is 3. The van der Waals surface area contributed by atoms with Crippen molar-refractivity contribution in [3.05, 3.63) is 17.5 Å². The fourth-order valence-corrected chi connectivity index (χ4v) is 3.61. The molecule has 17 heavy (non-hydrogen) atoms. The number of aromatic nitrogens is 2. The van der Waals surface area contributed by atoms with E-state index in [1.54, 1.807) is 12.4 Å². The van der Waals surface area contributed by atoms with E-state index >= 15 is 0 Å². The highest BCUT2D eigenvalue weighted by Crippen LogP contribution is 2.38. The Balaban J connectivity index is 1.88. The van der Waals surface area contributed by atoms with E-state index in [2.05, 4.69) is 14.9 Å². The average molecular weight is 252 g/mol. The maximum Gasteiger partial charge on any atom is 0.171 e. The molecule has 92 valence electrons. The fourth-order valence-electron chi connectivity index (χ4n) is 3.39. The summed E-state index contributed by atoms with van der Waals surface area (Å²) in [6, 6.07) is 0.645. The maximum atomic E-state index is 6.17. The molecule has 0 radical (unpaired) electrons. The lowest BCUT2D eigenvalue weighted by atomic mass is 9.78. The molecule has 2 fully saturated rings. The highest BCUT2D eigenvalue weighted by atomic mass is 35.5. The molecule has 0 amide bonds. The van der Waals surface area contributed by atoms with Gasteiger partial charge in [0.2, 0.25) is 0 Å². The second-order valence-electron chi connectivity index (χ2n) is 5.12. The smallest absolute Gasteiger partial charge is 0.171 e. The van der Waals surface area contributed by atoms with Gasteiger partial charge >= 0.3 is 0 Å². The van der Waals surface area contributed by atoms with E-state index < -0.39 is 0 Å². The summed E-state index contributed by atoms with van der Waals surface area (Å²) in [7, 11) is 0. The van der Waals surface area contributed by atoms with Gasteiger partial charge in [0.15, 0.2) is 11.0 Å². The summed E-state index contributed by atoms with van der Waals surface area (Å²) >= 11 is 6.17. The van der Waals surface area contributed by atoms with Crippen LogP contribution in [0.1, 0.15) is 38.5 Å². The maximum absolute atomic E-state index is 6.17. The second kappa shape index (κ2) is 4.81. The van der Waals surface area contributed by atoms with Crippen molar-refractivity contribution in [1.29, 1.82) is 0 Å². The Morgan fingerprint density at radius 3 is 2.71 bits per heavy atom. The average Bonchev–Trinajstić information content (AvgIpc) is 2.39. The van der Waals surface area contributed by atoms with Crippen molar-refractivity contribution in [1.82, 2.24) is 9.97 Å². The molecule has 1 aliphatic heterocycles. The van der Waals surface area contributed by atoms with Gasteiger partial charge in [0.25, 0.3) is 0 Å². The minimum atomic E-state index is 0.554. The van der Waals surface area contributed by atoms with Crippen LogP contribution < -0.4 is 4.90 Å². The Kier molecular flexibility index (Phi) is 3.19. The van der Waals surface area contributed by atoms with Gasteiger partial charge in [-0.3, -0.25) is 0 Å². The first-order valence-corrected chi connectivity index (χ1v) is 6.97. The number of piperidine rings is 1. The number of hydrogen-bond acceptors (Lipinski definition) is 3. The van der Waals surface area contributed by atoms with E-state index in [1.807, 2.05) is 0 Å². The first-order chi connectivity index (χ1) is 8.36. The normalized spacial score (nSPS) is 28.9. The Morgan fingerprint density at radius 2 is 1.82 bits per heavy atom. The Labute approximate surface area is 107 Å².